The number of aromatic amines is 1. The van der Waals surface area contributed by atoms with Crippen LogP contribution in [0.25, 0.3) is 11.1 Å². The third-order valence-electron chi connectivity index (χ3n) is 5.98. The number of nitrogens with one attached hydrogen (secondary N) is 2. The van der Waals surface area contributed by atoms with Gasteiger partial charge >= 0.3 is 12.1 Å². The standard InChI is InChI=1S/C24H27N5O2.C2HF3O2/c1-17(16-29-9-11-31-12-10-29)19-7-8-22(21(13-19)18-5-3-2-4-6-18)28-24(30)23-26-15-20(14-25)27-23;3-2(4,5)1(6)7/h5,7-8,13,15H,1-4,6,9-12,16H2,(H,26,27)(H,28,30);(H,6,7). The van der Waals surface area contributed by atoms with Crippen molar-refractivity contribution in [3.63, 3.8) is 0 Å². The molecule has 1 aliphatic heterocycles. The van der Waals surface area contributed by atoms with E-state index in [4.69, 9.17) is 19.9 Å². The van der Waals surface area contributed by atoms with Gasteiger partial charge in [0.1, 0.15) is 11.8 Å². The van der Waals surface area contributed by atoms with Crippen LogP contribution in [0.15, 0.2) is 37.1 Å². The van der Waals surface area contributed by atoms with E-state index in [-0.39, 0.29) is 17.4 Å². The Kier molecular flexibility index (Phi) is 9.81. The van der Waals surface area contributed by atoms with Crippen LogP contribution in [-0.2, 0) is 9.53 Å². The summed E-state index contributed by atoms with van der Waals surface area (Å²) in [5.74, 6) is -2.99. The number of carbonyl (C=O) groups is 2. The van der Waals surface area contributed by atoms with Crippen molar-refractivity contribution in [2.45, 2.75) is 31.9 Å². The summed E-state index contributed by atoms with van der Waals surface area (Å²) in [6.45, 7) is 8.48. The molecule has 0 bridgehead atoms. The summed E-state index contributed by atoms with van der Waals surface area (Å²) in [6, 6.07) is 8.04. The Hall–Kier alpha value is -3.95. The summed E-state index contributed by atoms with van der Waals surface area (Å²) in [5, 5.41) is 19.1. The molecule has 0 spiro atoms. The average molecular weight is 532 g/mol. The van der Waals surface area contributed by atoms with Crippen LogP contribution in [0.3, 0.4) is 0 Å². The maximum Gasteiger partial charge on any atom is 0.490 e. The van der Waals surface area contributed by atoms with Gasteiger partial charge < -0.3 is 20.1 Å². The Morgan fingerprint density at radius 2 is 1.97 bits per heavy atom. The molecule has 1 amide bonds. The highest BCUT2D eigenvalue weighted by atomic mass is 19.4. The zero-order valence-electron chi connectivity index (χ0n) is 20.6. The molecule has 3 N–H and O–H groups in total. The van der Waals surface area contributed by atoms with Crippen molar-refractivity contribution < 1.29 is 32.6 Å². The molecule has 1 aromatic heterocycles. The number of anilines is 1. The predicted molar refractivity (Wildman–Crippen MR) is 134 cm³/mol. The molecule has 1 saturated heterocycles. The molecule has 4 rings (SSSR count). The van der Waals surface area contributed by atoms with Gasteiger partial charge in [0.25, 0.3) is 5.91 Å². The molecule has 38 heavy (non-hydrogen) atoms. The number of morpholine rings is 1. The van der Waals surface area contributed by atoms with Crippen molar-refractivity contribution >= 4 is 28.7 Å². The number of carboxylic acid groups (broad SMARTS) is 1. The lowest BCUT2D eigenvalue weighted by Gasteiger charge is -2.27. The van der Waals surface area contributed by atoms with E-state index >= 15 is 0 Å². The summed E-state index contributed by atoms with van der Waals surface area (Å²) in [4.78, 5) is 30.7. The number of allylic oxidation sites excluding steroid dienone is 2. The molecule has 1 fully saturated rings. The number of amides is 1. The number of hydrogen-bond donors (Lipinski definition) is 3. The Morgan fingerprint density at radius 1 is 1.26 bits per heavy atom. The van der Waals surface area contributed by atoms with E-state index in [1.165, 1.54) is 18.2 Å². The van der Waals surface area contributed by atoms with Gasteiger partial charge in [-0.25, -0.2) is 9.78 Å². The maximum absolute atomic E-state index is 12.7. The van der Waals surface area contributed by atoms with E-state index in [1.807, 2.05) is 18.2 Å². The fourth-order valence-corrected chi connectivity index (χ4v) is 4.02. The number of ether oxygens (including phenoxy) is 1. The van der Waals surface area contributed by atoms with Gasteiger partial charge in [0.15, 0.2) is 5.82 Å². The summed E-state index contributed by atoms with van der Waals surface area (Å²) < 4.78 is 37.2. The highest BCUT2D eigenvalue weighted by Gasteiger charge is 2.38. The number of nitrogens with zero attached hydrogens (tertiary/aromatic N) is 3. The average Bonchev–Trinajstić information content (AvgIpc) is 3.39. The molecule has 0 unspecified atom stereocenters. The molecule has 0 radical (unpaired) electrons. The van der Waals surface area contributed by atoms with Gasteiger partial charge in [-0.1, -0.05) is 18.7 Å². The molecular weight excluding hydrogens is 503 g/mol. The molecule has 2 aliphatic rings. The number of carboxylic acids is 1. The van der Waals surface area contributed by atoms with Crippen LogP contribution in [0.5, 0.6) is 0 Å². The van der Waals surface area contributed by atoms with Gasteiger partial charge in [-0.15, -0.1) is 0 Å². The molecule has 9 nitrogen and oxygen atoms in total. The minimum Gasteiger partial charge on any atom is -0.475 e. The quantitative estimate of drug-likeness (QED) is 0.501. The Labute approximate surface area is 217 Å². The molecule has 12 heteroatoms. The first-order valence-corrected chi connectivity index (χ1v) is 12.0. The molecule has 202 valence electrons. The monoisotopic (exact) mass is 531 g/mol. The zero-order valence-corrected chi connectivity index (χ0v) is 20.6. The van der Waals surface area contributed by atoms with Gasteiger partial charge in [0, 0.05) is 30.9 Å². The highest BCUT2D eigenvalue weighted by molar-refractivity contribution is 6.03. The molecule has 1 aromatic carbocycles. The molecule has 0 atom stereocenters. The number of hydrogen-bond acceptors (Lipinski definition) is 6. The molecule has 0 saturated carbocycles. The minimum atomic E-state index is -5.08. The number of rotatable bonds is 6. The van der Waals surface area contributed by atoms with Crippen LogP contribution in [0.1, 0.15) is 53.1 Å². The number of carbonyl (C=O) groups excluding carboxylic acids is 1. The van der Waals surface area contributed by atoms with E-state index in [1.54, 1.807) is 0 Å². The summed E-state index contributed by atoms with van der Waals surface area (Å²) in [6.07, 6.45) is 2.91. The maximum atomic E-state index is 12.7. The number of H-pyrrole nitrogens is 1. The number of alkyl halides is 3. The Bertz CT molecular complexity index is 1240. The number of halogens is 3. The van der Waals surface area contributed by atoms with Crippen LogP contribution < -0.4 is 5.32 Å². The van der Waals surface area contributed by atoms with Crippen molar-refractivity contribution in [3.05, 3.63) is 59.7 Å². The van der Waals surface area contributed by atoms with Gasteiger partial charge in [0.05, 0.1) is 19.4 Å². The normalized spacial score (nSPS) is 15.9. The lowest BCUT2D eigenvalue weighted by Crippen LogP contribution is -2.37. The smallest absolute Gasteiger partial charge is 0.475 e. The number of imidazole rings is 1. The van der Waals surface area contributed by atoms with Crippen LogP contribution >= 0.6 is 0 Å². The molecule has 2 heterocycles. The summed E-state index contributed by atoms with van der Waals surface area (Å²) >= 11 is 0. The molecule has 1 aliphatic carbocycles. The second-order valence-electron chi connectivity index (χ2n) is 8.74. The van der Waals surface area contributed by atoms with Crippen molar-refractivity contribution in [1.82, 2.24) is 14.9 Å². The second kappa shape index (κ2) is 13.0. The third-order valence-corrected chi connectivity index (χ3v) is 5.98. The summed E-state index contributed by atoms with van der Waals surface area (Å²) in [7, 11) is 0. The van der Waals surface area contributed by atoms with E-state index in [9.17, 15) is 18.0 Å². The highest BCUT2D eigenvalue weighted by Crippen LogP contribution is 2.34. The first kappa shape index (κ1) is 28.6. The number of aromatic nitrogens is 2. The van der Waals surface area contributed by atoms with Crippen molar-refractivity contribution in [1.29, 1.82) is 5.26 Å². The van der Waals surface area contributed by atoms with E-state index in [0.29, 0.717) is 0 Å². The SMILES string of the molecule is C=C(CN1CCOCC1)c1ccc(NC(=O)c2ncc(C#N)[nH]2)c(C2=CCCCC2)c1.O=C(O)C(F)(F)F. The van der Waals surface area contributed by atoms with Crippen molar-refractivity contribution in [2.75, 3.05) is 38.2 Å². The van der Waals surface area contributed by atoms with E-state index in [0.717, 1.165) is 74.5 Å². The van der Waals surface area contributed by atoms with Gasteiger partial charge in [-0.05, 0) is 54.5 Å². The minimum absolute atomic E-state index is 0.126. The van der Waals surface area contributed by atoms with Crippen LogP contribution in [-0.4, -0.2) is 70.9 Å². The van der Waals surface area contributed by atoms with Crippen molar-refractivity contribution in [3.8, 4) is 6.07 Å². The van der Waals surface area contributed by atoms with Gasteiger partial charge in [0.2, 0.25) is 0 Å². The lowest BCUT2D eigenvalue weighted by molar-refractivity contribution is -0.192. The van der Waals surface area contributed by atoms with Gasteiger partial charge in [-0.2, -0.15) is 18.4 Å². The number of benzene rings is 1. The fraction of sp³-hybridized carbons (Fsp3) is 0.385. The second-order valence-corrected chi connectivity index (χ2v) is 8.74. The first-order chi connectivity index (χ1) is 18.1. The number of nitriles is 1. The van der Waals surface area contributed by atoms with Gasteiger partial charge in [-0.3, -0.25) is 9.69 Å². The lowest BCUT2D eigenvalue weighted by atomic mass is 9.90. The molecule has 2 aromatic rings. The fourth-order valence-electron chi connectivity index (χ4n) is 4.02. The van der Waals surface area contributed by atoms with Crippen LogP contribution in [0.4, 0.5) is 18.9 Å². The zero-order chi connectivity index (χ0) is 27.7. The first-order valence-electron chi connectivity index (χ1n) is 12.0. The predicted octanol–water partition coefficient (Wildman–Crippen LogP) is 4.47. The molecular formula is C26H28F3N5O4. The van der Waals surface area contributed by atoms with E-state index < -0.39 is 12.1 Å². The Balaban J connectivity index is 0.000000505. The summed E-state index contributed by atoms with van der Waals surface area (Å²) in [5.41, 5.74) is 5.42. The van der Waals surface area contributed by atoms with Crippen molar-refractivity contribution in [2.24, 2.45) is 0 Å². The van der Waals surface area contributed by atoms with Crippen LogP contribution in [0, 0.1) is 11.3 Å². The topological polar surface area (TPSA) is 131 Å². The van der Waals surface area contributed by atoms with E-state index in [2.05, 4.69) is 38.9 Å². The third kappa shape index (κ3) is 8.03. The van der Waals surface area contributed by atoms with Crippen LogP contribution in [0.2, 0.25) is 0 Å². The number of aliphatic carboxylic acids is 1. The Morgan fingerprint density at radius 3 is 2.55 bits per heavy atom. The largest absolute Gasteiger partial charge is 0.490 e.